The van der Waals surface area contributed by atoms with E-state index in [-0.39, 0.29) is 5.91 Å². The van der Waals surface area contributed by atoms with E-state index in [9.17, 15) is 4.79 Å². The molecule has 6 heteroatoms. The molecule has 1 aromatic heterocycles. The van der Waals surface area contributed by atoms with Crippen molar-refractivity contribution in [1.82, 2.24) is 10.3 Å². The predicted octanol–water partition coefficient (Wildman–Crippen LogP) is 4.29. The van der Waals surface area contributed by atoms with Gasteiger partial charge in [0, 0.05) is 29.9 Å². The van der Waals surface area contributed by atoms with Crippen molar-refractivity contribution in [1.29, 1.82) is 0 Å². The second-order valence-electron chi connectivity index (χ2n) is 5.87. The molecule has 0 aliphatic rings. The van der Waals surface area contributed by atoms with Gasteiger partial charge in [0.25, 0.3) is 5.91 Å². The number of halogens is 1. The van der Waals surface area contributed by atoms with Crippen LogP contribution in [-0.4, -0.2) is 18.0 Å². The van der Waals surface area contributed by atoms with Crippen molar-refractivity contribution in [3.8, 4) is 5.75 Å². The van der Waals surface area contributed by atoms with Crippen molar-refractivity contribution in [3.63, 3.8) is 0 Å². The van der Waals surface area contributed by atoms with Gasteiger partial charge in [-0.15, -0.1) is 0 Å². The van der Waals surface area contributed by atoms with E-state index in [1.807, 2.05) is 48.5 Å². The van der Waals surface area contributed by atoms with Crippen LogP contribution in [0.15, 0.2) is 66.9 Å². The molecule has 0 radical (unpaired) electrons. The number of rotatable bonds is 7. The van der Waals surface area contributed by atoms with Gasteiger partial charge in [0.15, 0.2) is 0 Å². The number of hydrogen-bond donors (Lipinski definition) is 2. The van der Waals surface area contributed by atoms with E-state index in [1.165, 1.54) is 0 Å². The number of pyridine rings is 1. The molecule has 1 amide bonds. The number of anilines is 1. The van der Waals surface area contributed by atoms with E-state index in [1.54, 1.807) is 25.4 Å². The number of nitrogens with one attached hydrogen (secondary N) is 2. The van der Waals surface area contributed by atoms with Gasteiger partial charge in [-0.25, -0.2) is 4.98 Å². The lowest BCUT2D eigenvalue weighted by molar-refractivity contribution is 0.0950. The molecule has 0 spiro atoms. The van der Waals surface area contributed by atoms with Crippen molar-refractivity contribution in [3.05, 3.63) is 88.6 Å². The summed E-state index contributed by atoms with van der Waals surface area (Å²) in [7, 11) is 1.61. The third kappa shape index (κ3) is 4.99. The molecule has 0 aliphatic carbocycles. The number of ether oxygens (including phenoxy) is 1. The molecule has 0 unspecified atom stereocenters. The summed E-state index contributed by atoms with van der Waals surface area (Å²) in [5, 5.41) is 6.78. The lowest BCUT2D eigenvalue weighted by Crippen LogP contribution is -2.23. The molecule has 0 saturated carbocycles. The summed E-state index contributed by atoms with van der Waals surface area (Å²) in [6, 6.07) is 18.7. The van der Waals surface area contributed by atoms with Gasteiger partial charge >= 0.3 is 0 Å². The van der Waals surface area contributed by atoms with Crippen LogP contribution in [0.25, 0.3) is 0 Å². The predicted molar refractivity (Wildman–Crippen MR) is 107 cm³/mol. The number of nitrogens with zero attached hydrogens (tertiary/aromatic N) is 1. The first-order valence-corrected chi connectivity index (χ1v) is 8.88. The smallest absolute Gasteiger partial charge is 0.253 e. The molecule has 0 fully saturated rings. The van der Waals surface area contributed by atoms with E-state index in [0.29, 0.717) is 29.5 Å². The number of carbonyl (C=O) groups excluding carboxylic acids is 1. The van der Waals surface area contributed by atoms with Gasteiger partial charge in [-0.2, -0.15) is 0 Å². The quantitative estimate of drug-likeness (QED) is 0.641. The van der Waals surface area contributed by atoms with Gasteiger partial charge in [0.1, 0.15) is 11.6 Å². The van der Waals surface area contributed by atoms with Crippen LogP contribution in [0.1, 0.15) is 21.5 Å². The van der Waals surface area contributed by atoms with Crippen LogP contribution in [0.4, 0.5) is 5.82 Å². The number of aromatic nitrogens is 1. The molecule has 0 saturated heterocycles. The van der Waals surface area contributed by atoms with Gasteiger partial charge in [0.2, 0.25) is 0 Å². The molecule has 138 valence electrons. The summed E-state index contributed by atoms with van der Waals surface area (Å²) in [4.78, 5) is 16.6. The first-order valence-electron chi connectivity index (χ1n) is 8.51. The molecule has 3 aromatic rings. The van der Waals surface area contributed by atoms with Crippen LogP contribution < -0.4 is 15.4 Å². The Labute approximate surface area is 163 Å². The summed E-state index contributed by atoms with van der Waals surface area (Å²) in [6.45, 7) is 0.946. The Kier molecular flexibility index (Phi) is 6.28. The van der Waals surface area contributed by atoms with Gasteiger partial charge in [-0.3, -0.25) is 4.79 Å². The zero-order chi connectivity index (χ0) is 19.1. The maximum atomic E-state index is 12.3. The summed E-state index contributed by atoms with van der Waals surface area (Å²) in [5.74, 6) is 1.23. The van der Waals surface area contributed by atoms with Gasteiger partial charge in [-0.1, -0.05) is 48.0 Å². The normalized spacial score (nSPS) is 10.3. The molecule has 0 bridgehead atoms. The molecular formula is C21H20ClN3O2. The van der Waals surface area contributed by atoms with Crippen molar-refractivity contribution >= 4 is 23.3 Å². The minimum absolute atomic E-state index is 0.189. The molecule has 3 rings (SSSR count). The third-order valence-corrected chi connectivity index (χ3v) is 4.44. The van der Waals surface area contributed by atoms with E-state index >= 15 is 0 Å². The standard InChI is InChI=1S/C21H20ClN3O2/c1-27-19-9-5-3-7-16(19)13-25-21(26)17-10-11-20(24-14-17)23-12-15-6-2-4-8-18(15)22/h2-11,14H,12-13H2,1H3,(H,23,24)(H,25,26). The van der Waals surface area contributed by atoms with Crippen molar-refractivity contribution in [2.45, 2.75) is 13.1 Å². The Morgan fingerprint density at radius 2 is 1.74 bits per heavy atom. The first kappa shape index (κ1) is 18.7. The molecule has 27 heavy (non-hydrogen) atoms. The average molecular weight is 382 g/mol. The molecule has 2 aromatic carbocycles. The van der Waals surface area contributed by atoms with E-state index in [4.69, 9.17) is 16.3 Å². The Bertz CT molecular complexity index is 913. The number of benzene rings is 2. The Morgan fingerprint density at radius 3 is 2.44 bits per heavy atom. The fraction of sp³-hybridized carbons (Fsp3) is 0.143. The van der Waals surface area contributed by atoms with Crippen LogP contribution in [0, 0.1) is 0 Å². The number of amides is 1. The first-order chi connectivity index (χ1) is 13.2. The average Bonchev–Trinajstić information content (AvgIpc) is 2.72. The molecule has 0 aliphatic heterocycles. The summed E-state index contributed by atoms with van der Waals surface area (Å²) >= 11 is 6.14. The Balaban J connectivity index is 1.56. The van der Waals surface area contributed by atoms with Gasteiger partial charge < -0.3 is 15.4 Å². The minimum Gasteiger partial charge on any atom is -0.496 e. The van der Waals surface area contributed by atoms with Crippen LogP contribution in [0.3, 0.4) is 0 Å². The van der Waals surface area contributed by atoms with Crippen LogP contribution in [-0.2, 0) is 13.1 Å². The number of hydrogen-bond acceptors (Lipinski definition) is 4. The van der Waals surface area contributed by atoms with Gasteiger partial charge in [-0.05, 0) is 29.8 Å². The van der Waals surface area contributed by atoms with Crippen molar-refractivity contribution in [2.75, 3.05) is 12.4 Å². The topological polar surface area (TPSA) is 63.2 Å². The van der Waals surface area contributed by atoms with Crippen LogP contribution in [0.5, 0.6) is 5.75 Å². The van der Waals surface area contributed by atoms with Crippen molar-refractivity contribution < 1.29 is 9.53 Å². The highest BCUT2D eigenvalue weighted by atomic mass is 35.5. The Hall–Kier alpha value is -3.05. The van der Waals surface area contributed by atoms with Gasteiger partial charge in [0.05, 0.1) is 12.7 Å². The summed E-state index contributed by atoms with van der Waals surface area (Å²) in [6.07, 6.45) is 1.55. The third-order valence-electron chi connectivity index (χ3n) is 4.08. The van der Waals surface area contributed by atoms with E-state index in [2.05, 4.69) is 15.6 Å². The highest BCUT2D eigenvalue weighted by Crippen LogP contribution is 2.18. The maximum absolute atomic E-state index is 12.3. The minimum atomic E-state index is -0.189. The molecule has 1 heterocycles. The summed E-state index contributed by atoms with van der Waals surface area (Å²) < 4.78 is 5.29. The zero-order valence-corrected chi connectivity index (χ0v) is 15.7. The molecule has 5 nitrogen and oxygen atoms in total. The molecule has 0 atom stereocenters. The van der Waals surface area contributed by atoms with Crippen LogP contribution in [0.2, 0.25) is 5.02 Å². The van der Waals surface area contributed by atoms with E-state index in [0.717, 1.165) is 16.9 Å². The maximum Gasteiger partial charge on any atom is 0.253 e. The molecule has 2 N–H and O–H groups in total. The van der Waals surface area contributed by atoms with Crippen LogP contribution >= 0.6 is 11.6 Å². The number of carbonyl (C=O) groups is 1. The SMILES string of the molecule is COc1ccccc1CNC(=O)c1ccc(NCc2ccccc2Cl)nc1. The molecular weight excluding hydrogens is 362 g/mol. The van der Waals surface area contributed by atoms with E-state index < -0.39 is 0 Å². The summed E-state index contributed by atoms with van der Waals surface area (Å²) in [5.41, 5.74) is 2.40. The number of para-hydroxylation sites is 1. The number of methoxy groups -OCH3 is 1. The second-order valence-corrected chi connectivity index (χ2v) is 6.28. The highest BCUT2D eigenvalue weighted by Gasteiger charge is 2.08. The van der Waals surface area contributed by atoms with Crippen molar-refractivity contribution in [2.24, 2.45) is 0 Å². The fourth-order valence-electron chi connectivity index (χ4n) is 2.59. The monoisotopic (exact) mass is 381 g/mol. The fourth-order valence-corrected chi connectivity index (χ4v) is 2.79. The largest absolute Gasteiger partial charge is 0.496 e. The zero-order valence-electron chi connectivity index (χ0n) is 14.9. The lowest BCUT2D eigenvalue weighted by Gasteiger charge is -2.10. The second kappa shape index (κ2) is 9.05. The Morgan fingerprint density at radius 1 is 1.00 bits per heavy atom. The lowest BCUT2D eigenvalue weighted by atomic mass is 10.2. The highest BCUT2D eigenvalue weighted by molar-refractivity contribution is 6.31.